The van der Waals surface area contributed by atoms with Gasteiger partial charge in [-0.05, 0) is 46.8 Å². The molecule has 1 aliphatic heterocycles. The Hall–Kier alpha value is -2.98. The Morgan fingerprint density at radius 2 is 1.93 bits per heavy atom. The Morgan fingerprint density at radius 1 is 1.26 bits per heavy atom. The van der Waals surface area contributed by atoms with Crippen LogP contribution in [0.3, 0.4) is 0 Å². The van der Waals surface area contributed by atoms with Crippen LogP contribution in [0.2, 0.25) is 0 Å². The number of nitrogens with one attached hydrogen (secondary N) is 1. The zero-order valence-electron chi connectivity index (χ0n) is 24.7. The lowest BCUT2D eigenvalue weighted by molar-refractivity contribution is -0.203. The summed E-state index contributed by atoms with van der Waals surface area (Å²) in [4.78, 5) is 14.3. The first-order valence-electron chi connectivity index (χ1n) is 13.7. The van der Waals surface area contributed by atoms with Crippen molar-refractivity contribution in [3.05, 3.63) is 36.7 Å². The number of rotatable bonds is 13. The lowest BCUT2D eigenvalue weighted by Gasteiger charge is -2.29. The van der Waals surface area contributed by atoms with Gasteiger partial charge in [0.1, 0.15) is 12.4 Å². The Labute approximate surface area is 247 Å². The number of fused-ring (bicyclic) bond motifs is 1. The molecular weight excluding hydrogens is 591 g/mol. The van der Waals surface area contributed by atoms with Gasteiger partial charge in [0.15, 0.2) is 41.3 Å². The van der Waals surface area contributed by atoms with Crippen LogP contribution in [0.25, 0.3) is 11.2 Å². The molecule has 3 heterocycles. The minimum absolute atomic E-state index is 0.0433. The Bertz CT molecular complexity index is 1450. The summed E-state index contributed by atoms with van der Waals surface area (Å²) in [5.41, 5.74) is 3.43. The number of aromatic nitrogens is 4. The molecule has 14 nitrogen and oxygen atoms in total. The van der Waals surface area contributed by atoms with Crippen LogP contribution in [0.5, 0.6) is 5.75 Å². The standard InChI is InChI=1S/C26H38F2N7O7P/c1-7-34(6)19-18-20(32-24(29)31-19)35(14-30-18)23-25(5,27)22(37)26(28,41-23)13-39-43(38,42-17-11-9-8-10-12-17)33-16(4)21(36)40-15(2)3/h8-12,14-16,21-23,36-37H,7,13H2,1-6H3,(H,33,38)(H2,29,31,32)/t16-,21?,22-,23+,25+,26+,43?/m0/s1. The quantitative estimate of drug-likeness (QED) is 0.160. The van der Waals surface area contributed by atoms with Gasteiger partial charge in [0.05, 0.1) is 18.5 Å². The number of hydrogen-bond donors (Lipinski definition) is 4. The predicted octanol–water partition coefficient (Wildman–Crippen LogP) is 3.07. The van der Waals surface area contributed by atoms with E-state index >= 15 is 8.78 Å². The summed E-state index contributed by atoms with van der Waals surface area (Å²) in [5, 5.41) is 23.7. The van der Waals surface area contributed by atoms with E-state index in [0.717, 1.165) is 11.5 Å². The van der Waals surface area contributed by atoms with Crippen molar-refractivity contribution in [1.82, 2.24) is 24.6 Å². The maximum Gasteiger partial charge on any atom is 0.459 e. The summed E-state index contributed by atoms with van der Waals surface area (Å²) in [6, 6.07) is 6.83. The molecule has 3 aromatic rings. The zero-order chi connectivity index (χ0) is 31.7. The van der Waals surface area contributed by atoms with Gasteiger partial charge in [-0.15, -0.1) is 0 Å². The Balaban J connectivity index is 1.62. The van der Waals surface area contributed by atoms with Gasteiger partial charge in [-0.25, -0.2) is 23.4 Å². The molecule has 0 radical (unpaired) electrons. The van der Waals surface area contributed by atoms with Crippen molar-refractivity contribution in [2.24, 2.45) is 0 Å². The molecule has 238 valence electrons. The van der Waals surface area contributed by atoms with Crippen molar-refractivity contribution in [3.8, 4) is 5.75 Å². The maximum atomic E-state index is 16.3. The number of para-hydroxylation sites is 1. The number of nitrogens with two attached hydrogens (primary N) is 1. The van der Waals surface area contributed by atoms with Crippen molar-refractivity contribution in [1.29, 1.82) is 0 Å². The van der Waals surface area contributed by atoms with Crippen LogP contribution >= 0.6 is 7.75 Å². The van der Waals surface area contributed by atoms with Gasteiger partial charge in [0, 0.05) is 13.6 Å². The molecule has 17 heteroatoms. The predicted molar refractivity (Wildman–Crippen MR) is 154 cm³/mol. The van der Waals surface area contributed by atoms with E-state index in [-0.39, 0.29) is 29.0 Å². The smallest absolute Gasteiger partial charge is 0.413 e. The first kappa shape index (κ1) is 32.9. The molecule has 2 aromatic heterocycles. The number of alkyl halides is 2. The molecule has 1 aliphatic rings. The van der Waals surface area contributed by atoms with E-state index in [9.17, 15) is 14.8 Å². The molecule has 1 aromatic carbocycles. The largest absolute Gasteiger partial charge is 0.459 e. The van der Waals surface area contributed by atoms with E-state index in [2.05, 4.69) is 20.0 Å². The minimum atomic E-state index is -4.51. The number of benzene rings is 1. The molecule has 1 fully saturated rings. The maximum absolute atomic E-state index is 16.3. The summed E-state index contributed by atoms with van der Waals surface area (Å²) in [5.74, 6) is -2.91. The average molecular weight is 630 g/mol. The van der Waals surface area contributed by atoms with E-state index in [4.69, 9.17) is 24.3 Å². The summed E-state index contributed by atoms with van der Waals surface area (Å²) in [6.07, 6.45) is -4.85. The van der Waals surface area contributed by atoms with Gasteiger partial charge in [-0.3, -0.25) is 9.09 Å². The first-order valence-corrected chi connectivity index (χ1v) is 15.2. The monoisotopic (exact) mass is 629 g/mol. The molecule has 4 rings (SSSR count). The summed E-state index contributed by atoms with van der Waals surface area (Å²) in [7, 11) is -2.76. The molecule has 5 N–H and O–H groups in total. The molecule has 1 saturated heterocycles. The van der Waals surface area contributed by atoms with E-state index < -0.39 is 50.5 Å². The average Bonchev–Trinajstić information content (AvgIpc) is 3.43. The number of nitrogens with zero attached hydrogens (tertiary/aromatic N) is 5. The van der Waals surface area contributed by atoms with Crippen LogP contribution in [-0.4, -0.2) is 86.0 Å². The number of hydrogen-bond acceptors (Lipinski definition) is 12. The van der Waals surface area contributed by atoms with Crippen LogP contribution in [0.15, 0.2) is 36.7 Å². The fraction of sp³-hybridized carbons (Fsp3) is 0.577. The van der Waals surface area contributed by atoms with Crippen molar-refractivity contribution < 1.29 is 42.1 Å². The highest BCUT2D eigenvalue weighted by atomic mass is 31.2. The number of aliphatic hydroxyl groups is 2. The van der Waals surface area contributed by atoms with Crippen LogP contribution in [-0.2, 0) is 18.6 Å². The van der Waals surface area contributed by atoms with Crippen molar-refractivity contribution in [2.45, 2.75) is 76.9 Å². The second kappa shape index (κ2) is 12.6. The van der Waals surface area contributed by atoms with Gasteiger partial charge < -0.3 is 34.8 Å². The summed E-state index contributed by atoms with van der Waals surface area (Å²) in [6.45, 7) is 6.95. The molecule has 0 amide bonds. The Kier molecular flexibility index (Phi) is 9.61. The third-order valence-corrected chi connectivity index (χ3v) is 8.49. The van der Waals surface area contributed by atoms with Crippen molar-refractivity contribution in [2.75, 3.05) is 30.8 Å². The number of nitrogen functional groups attached to an aromatic ring is 1. The number of anilines is 2. The molecule has 43 heavy (non-hydrogen) atoms. The SMILES string of the molecule is CCN(C)c1nc(N)nc2c1ncn2[C@@H]1O[C@](F)(COP(=O)(N[C@@H](C)C(O)OC(C)C)Oc2ccccc2)[C@@H](O)[C@@]1(C)F. The lowest BCUT2D eigenvalue weighted by atomic mass is 9.97. The highest BCUT2D eigenvalue weighted by Crippen LogP contribution is 2.52. The molecule has 0 saturated carbocycles. The third-order valence-electron chi connectivity index (χ3n) is 6.84. The van der Waals surface area contributed by atoms with Gasteiger partial charge in [0.2, 0.25) is 5.95 Å². The van der Waals surface area contributed by atoms with Crippen LogP contribution < -0.4 is 20.2 Å². The number of halogens is 2. The summed E-state index contributed by atoms with van der Waals surface area (Å²) >= 11 is 0. The molecule has 2 unspecified atom stereocenters. The Morgan fingerprint density at radius 3 is 2.56 bits per heavy atom. The molecule has 0 aliphatic carbocycles. The highest BCUT2D eigenvalue weighted by Gasteiger charge is 2.65. The first-order chi connectivity index (χ1) is 20.1. The second-order valence-corrected chi connectivity index (χ2v) is 12.4. The van der Waals surface area contributed by atoms with Gasteiger partial charge in [0.25, 0.3) is 5.85 Å². The molecule has 7 atom stereocenters. The fourth-order valence-electron chi connectivity index (χ4n) is 4.46. The van der Waals surface area contributed by atoms with E-state index in [1.807, 2.05) is 6.92 Å². The molecule has 0 spiro atoms. The van der Waals surface area contributed by atoms with E-state index in [0.29, 0.717) is 12.4 Å². The zero-order valence-corrected chi connectivity index (χ0v) is 25.6. The number of aliphatic hydroxyl groups excluding tert-OH is 2. The second-order valence-electron chi connectivity index (χ2n) is 10.7. The fourth-order valence-corrected chi connectivity index (χ4v) is 6.01. The highest BCUT2D eigenvalue weighted by molar-refractivity contribution is 7.52. The van der Waals surface area contributed by atoms with Crippen molar-refractivity contribution in [3.63, 3.8) is 0 Å². The number of ether oxygens (including phenoxy) is 2. The van der Waals surface area contributed by atoms with Crippen LogP contribution in [0.4, 0.5) is 20.5 Å². The number of imidazole rings is 1. The summed E-state index contributed by atoms with van der Waals surface area (Å²) < 4.78 is 69.1. The minimum Gasteiger partial charge on any atom is -0.413 e. The van der Waals surface area contributed by atoms with Gasteiger partial charge in [-0.2, -0.15) is 9.97 Å². The normalized spacial score (nSPS) is 26.9. The van der Waals surface area contributed by atoms with Crippen molar-refractivity contribution >= 4 is 30.7 Å². The van der Waals surface area contributed by atoms with Crippen LogP contribution in [0, 0.1) is 0 Å². The topological polar surface area (TPSA) is 179 Å². The van der Waals surface area contributed by atoms with Gasteiger partial charge >= 0.3 is 7.75 Å². The van der Waals surface area contributed by atoms with Gasteiger partial charge in [-0.1, -0.05) is 18.2 Å². The van der Waals surface area contributed by atoms with E-state index in [1.54, 1.807) is 44.0 Å². The molecule has 0 bridgehead atoms. The molecular formula is C26H38F2N7O7P. The van der Waals surface area contributed by atoms with E-state index in [1.165, 1.54) is 25.4 Å². The van der Waals surface area contributed by atoms with Crippen LogP contribution in [0.1, 0.15) is 40.8 Å². The lowest BCUT2D eigenvalue weighted by Crippen LogP contribution is -2.47. The third kappa shape index (κ3) is 6.90.